The number of carbonyl (C=O) groups is 2. The number of rotatable bonds is 6. The largest absolute Gasteiger partial charge is 0.497 e. The highest BCUT2D eigenvalue weighted by atomic mass is 32.2. The second-order valence-electron chi connectivity index (χ2n) is 6.59. The van der Waals surface area contributed by atoms with Crippen molar-refractivity contribution in [3.8, 4) is 11.8 Å². The fourth-order valence-corrected chi connectivity index (χ4v) is 4.41. The van der Waals surface area contributed by atoms with Gasteiger partial charge in [0.2, 0.25) is 5.91 Å². The summed E-state index contributed by atoms with van der Waals surface area (Å²) in [5.74, 6) is 0.739. The van der Waals surface area contributed by atoms with E-state index in [0.717, 1.165) is 24.2 Å². The number of nitriles is 1. The second kappa shape index (κ2) is 7.09. The summed E-state index contributed by atoms with van der Waals surface area (Å²) in [6, 6.07) is 9.79. The van der Waals surface area contributed by atoms with E-state index in [1.807, 2.05) is 31.2 Å². The standard InChI is InChI=1S/C19H22N2O3S/c1-3-25-17(22)16-11-21(10-13-4-8-15(24-2)9-5-13)18(23)19(16,12-20)14-6-7-14/h4-5,8-9,14,16H,3,6-7,10-11H2,1-2H3. The highest BCUT2D eigenvalue weighted by Gasteiger charge is 2.64. The molecule has 132 valence electrons. The summed E-state index contributed by atoms with van der Waals surface area (Å²) in [6.45, 7) is 2.67. The van der Waals surface area contributed by atoms with Gasteiger partial charge in [0.15, 0.2) is 10.5 Å². The third-order valence-corrected chi connectivity index (χ3v) is 5.96. The number of methoxy groups -OCH3 is 1. The van der Waals surface area contributed by atoms with Gasteiger partial charge in [-0.05, 0) is 42.2 Å². The molecule has 1 heterocycles. The van der Waals surface area contributed by atoms with Crippen molar-refractivity contribution in [1.82, 2.24) is 4.90 Å². The Morgan fingerprint density at radius 3 is 2.60 bits per heavy atom. The summed E-state index contributed by atoms with van der Waals surface area (Å²) >= 11 is 1.22. The van der Waals surface area contributed by atoms with Gasteiger partial charge in [-0.1, -0.05) is 30.8 Å². The molecular formula is C19H22N2O3S. The lowest BCUT2D eigenvalue weighted by Crippen LogP contribution is -2.39. The van der Waals surface area contributed by atoms with Gasteiger partial charge in [0.1, 0.15) is 5.75 Å². The minimum atomic E-state index is -1.16. The van der Waals surface area contributed by atoms with Gasteiger partial charge in [-0.25, -0.2) is 0 Å². The Morgan fingerprint density at radius 2 is 2.08 bits per heavy atom. The molecule has 1 saturated carbocycles. The summed E-state index contributed by atoms with van der Waals surface area (Å²) < 4.78 is 5.15. The fourth-order valence-electron chi connectivity index (χ4n) is 3.66. The van der Waals surface area contributed by atoms with E-state index in [1.165, 1.54) is 11.8 Å². The minimum absolute atomic E-state index is 0.0253. The van der Waals surface area contributed by atoms with E-state index in [9.17, 15) is 14.9 Å². The van der Waals surface area contributed by atoms with Crippen LogP contribution in [0.1, 0.15) is 25.3 Å². The Bertz CT molecular complexity index is 708. The number of amides is 1. The second-order valence-corrected chi connectivity index (χ2v) is 7.86. The highest BCUT2D eigenvalue weighted by molar-refractivity contribution is 8.13. The highest BCUT2D eigenvalue weighted by Crippen LogP contribution is 2.55. The average Bonchev–Trinajstić information content (AvgIpc) is 3.43. The summed E-state index contributed by atoms with van der Waals surface area (Å²) in [7, 11) is 1.61. The van der Waals surface area contributed by atoms with Crippen molar-refractivity contribution in [3.05, 3.63) is 29.8 Å². The van der Waals surface area contributed by atoms with E-state index in [1.54, 1.807) is 12.0 Å². The van der Waals surface area contributed by atoms with Gasteiger partial charge in [0.25, 0.3) is 0 Å². The van der Waals surface area contributed by atoms with Gasteiger partial charge < -0.3 is 9.64 Å². The molecule has 25 heavy (non-hydrogen) atoms. The van der Waals surface area contributed by atoms with E-state index in [2.05, 4.69) is 6.07 Å². The predicted octanol–water partition coefficient (Wildman–Crippen LogP) is 2.85. The SMILES string of the molecule is CCSC(=O)C1CN(Cc2ccc(OC)cc2)C(=O)C1(C#N)C1CC1. The molecule has 0 radical (unpaired) electrons. The predicted molar refractivity (Wildman–Crippen MR) is 95.8 cm³/mol. The van der Waals surface area contributed by atoms with Crippen molar-refractivity contribution >= 4 is 22.8 Å². The lowest BCUT2D eigenvalue weighted by atomic mass is 9.75. The van der Waals surface area contributed by atoms with Gasteiger partial charge in [-0.3, -0.25) is 9.59 Å². The first kappa shape index (κ1) is 17.8. The van der Waals surface area contributed by atoms with E-state index >= 15 is 0 Å². The van der Waals surface area contributed by atoms with Crippen molar-refractivity contribution in [1.29, 1.82) is 5.26 Å². The number of hydrogen-bond acceptors (Lipinski definition) is 5. The lowest BCUT2D eigenvalue weighted by molar-refractivity contribution is -0.136. The zero-order chi connectivity index (χ0) is 18.0. The number of likely N-dealkylation sites (tertiary alicyclic amines) is 1. The van der Waals surface area contributed by atoms with Crippen LogP contribution in [0.3, 0.4) is 0 Å². The Labute approximate surface area is 152 Å². The zero-order valence-corrected chi connectivity index (χ0v) is 15.3. The van der Waals surface area contributed by atoms with E-state index in [0.29, 0.717) is 18.8 Å². The van der Waals surface area contributed by atoms with Crippen molar-refractivity contribution in [2.24, 2.45) is 17.3 Å². The molecule has 2 fully saturated rings. The van der Waals surface area contributed by atoms with Crippen molar-refractivity contribution < 1.29 is 14.3 Å². The topological polar surface area (TPSA) is 70.4 Å². The zero-order valence-electron chi connectivity index (χ0n) is 14.5. The van der Waals surface area contributed by atoms with Crippen LogP contribution in [0.25, 0.3) is 0 Å². The van der Waals surface area contributed by atoms with E-state index in [4.69, 9.17) is 4.74 Å². The van der Waals surface area contributed by atoms with Crippen LogP contribution in [0.2, 0.25) is 0 Å². The van der Waals surface area contributed by atoms with Gasteiger partial charge >= 0.3 is 0 Å². The molecule has 6 heteroatoms. The molecule has 2 aliphatic rings. The van der Waals surface area contributed by atoms with E-state index < -0.39 is 11.3 Å². The summed E-state index contributed by atoms with van der Waals surface area (Å²) in [4.78, 5) is 27.4. The summed E-state index contributed by atoms with van der Waals surface area (Å²) in [5, 5.41) is 9.84. The minimum Gasteiger partial charge on any atom is -0.497 e. The van der Waals surface area contributed by atoms with Crippen LogP contribution in [0, 0.1) is 28.6 Å². The number of benzene rings is 1. The van der Waals surface area contributed by atoms with Crippen molar-refractivity contribution in [2.45, 2.75) is 26.3 Å². The monoisotopic (exact) mass is 358 g/mol. The first-order valence-corrected chi connectivity index (χ1v) is 9.55. The number of carbonyl (C=O) groups excluding carboxylic acids is 2. The molecule has 5 nitrogen and oxygen atoms in total. The molecule has 1 aliphatic heterocycles. The molecule has 1 aromatic carbocycles. The molecule has 1 aliphatic carbocycles. The molecule has 0 spiro atoms. The number of hydrogen-bond donors (Lipinski definition) is 0. The molecule has 3 rings (SSSR count). The molecule has 1 saturated heterocycles. The molecule has 2 unspecified atom stereocenters. The Morgan fingerprint density at radius 1 is 1.40 bits per heavy atom. The van der Waals surface area contributed by atoms with Crippen LogP contribution in [0.15, 0.2) is 24.3 Å². The third-order valence-electron chi connectivity index (χ3n) is 5.10. The lowest BCUT2D eigenvalue weighted by Gasteiger charge is -2.24. The molecule has 0 aromatic heterocycles. The van der Waals surface area contributed by atoms with Gasteiger partial charge in [0, 0.05) is 13.1 Å². The molecule has 1 amide bonds. The van der Waals surface area contributed by atoms with Crippen LogP contribution in [-0.2, 0) is 16.1 Å². The number of nitrogens with zero attached hydrogens (tertiary/aromatic N) is 2. The fraction of sp³-hybridized carbons (Fsp3) is 0.526. The average molecular weight is 358 g/mol. The van der Waals surface area contributed by atoms with E-state index in [-0.39, 0.29) is 16.9 Å². The third kappa shape index (κ3) is 3.13. The van der Waals surface area contributed by atoms with Gasteiger partial charge in [-0.2, -0.15) is 5.26 Å². The van der Waals surface area contributed by atoms with Crippen LogP contribution in [0.5, 0.6) is 5.75 Å². The molecule has 1 aromatic rings. The number of ether oxygens (including phenoxy) is 1. The van der Waals surface area contributed by atoms with Crippen LogP contribution >= 0.6 is 11.8 Å². The van der Waals surface area contributed by atoms with Crippen molar-refractivity contribution in [2.75, 3.05) is 19.4 Å². The van der Waals surface area contributed by atoms with Crippen molar-refractivity contribution in [3.63, 3.8) is 0 Å². The summed E-state index contributed by atoms with van der Waals surface area (Å²) in [6.07, 6.45) is 1.71. The van der Waals surface area contributed by atoms with Gasteiger partial charge in [0.05, 0.1) is 19.1 Å². The van der Waals surface area contributed by atoms with Crippen LogP contribution in [-0.4, -0.2) is 35.3 Å². The number of thioether (sulfide) groups is 1. The van der Waals surface area contributed by atoms with Crippen LogP contribution < -0.4 is 4.74 Å². The maximum Gasteiger partial charge on any atom is 0.244 e. The van der Waals surface area contributed by atoms with Crippen LogP contribution in [0.4, 0.5) is 0 Å². The van der Waals surface area contributed by atoms with Gasteiger partial charge in [-0.15, -0.1) is 0 Å². The Hall–Kier alpha value is -2.00. The molecule has 2 atom stereocenters. The smallest absolute Gasteiger partial charge is 0.244 e. The Balaban J connectivity index is 1.85. The quantitative estimate of drug-likeness (QED) is 0.782. The normalized spacial score (nSPS) is 25.7. The molecule has 0 N–H and O–H groups in total. The Kier molecular flexibility index (Phi) is 5.05. The maximum atomic E-state index is 13.1. The first-order chi connectivity index (χ1) is 12.1. The first-order valence-electron chi connectivity index (χ1n) is 8.57. The molecule has 0 bridgehead atoms. The maximum absolute atomic E-state index is 13.1. The molecular weight excluding hydrogens is 336 g/mol. The summed E-state index contributed by atoms with van der Waals surface area (Å²) in [5.41, 5.74) is -0.195.